The van der Waals surface area contributed by atoms with Crippen LogP contribution < -0.4 is 0 Å². The molecule has 90 valence electrons. The van der Waals surface area contributed by atoms with E-state index in [1.807, 2.05) is 0 Å². The molecule has 0 aliphatic rings. The molecule has 3 rings (SSSR count). The van der Waals surface area contributed by atoms with Crippen molar-refractivity contribution in [3.05, 3.63) is 47.9 Å². The molecule has 0 atom stereocenters. The number of halogens is 3. The Kier molecular flexibility index (Phi) is 2.29. The van der Waals surface area contributed by atoms with Crippen LogP contribution in [0.15, 0.2) is 30.5 Å². The number of nitrogens with one attached hydrogen (secondary N) is 1. The molecule has 3 nitrogen and oxygen atoms in total. The molecule has 0 fully saturated rings. The Labute approximate surface area is 99.3 Å². The van der Waals surface area contributed by atoms with E-state index in [2.05, 4.69) is 15.0 Å². The van der Waals surface area contributed by atoms with Crippen LogP contribution in [-0.4, -0.2) is 15.0 Å². The van der Waals surface area contributed by atoms with Crippen LogP contribution in [0.4, 0.5) is 13.2 Å². The van der Waals surface area contributed by atoms with Gasteiger partial charge in [0.15, 0.2) is 17.5 Å². The van der Waals surface area contributed by atoms with Crippen LogP contribution in [0.1, 0.15) is 0 Å². The van der Waals surface area contributed by atoms with Crippen molar-refractivity contribution < 1.29 is 13.2 Å². The van der Waals surface area contributed by atoms with E-state index in [1.165, 1.54) is 18.2 Å². The SMILES string of the molecule is Fc1ccc(-c2nc3c(F)c(F)ccc3[nH]2)nc1. The van der Waals surface area contributed by atoms with Gasteiger partial charge in [-0.2, -0.15) is 0 Å². The fraction of sp³-hybridized carbons (Fsp3) is 0. The van der Waals surface area contributed by atoms with Crippen molar-refractivity contribution in [2.75, 3.05) is 0 Å². The molecule has 6 heteroatoms. The van der Waals surface area contributed by atoms with E-state index in [0.29, 0.717) is 11.2 Å². The van der Waals surface area contributed by atoms with Crippen molar-refractivity contribution in [3.63, 3.8) is 0 Å². The minimum Gasteiger partial charge on any atom is -0.337 e. The lowest BCUT2D eigenvalue weighted by molar-refractivity contribution is 0.515. The van der Waals surface area contributed by atoms with Gasteiger partial charge in [-0.3, -0.25) is 0 Å². The fourth-order valence-electron chi connectivity index (χ4n) is 1.65. The molecule has 1 N–H and O–H groups in total. The number of H-pyrrole nitrogens is 1. The molecule has 0 radical (unpaired) electrons. The number of fused-ring (bicyclic) bond motifs is 1. The molecule has 2 heterocycles. The highest BCUT2D eigenvalue weighted by atomic mass is 19.2. The van der Waals surface area contributed by atoms with Crippen molar-refractivity contribution in [1.82, 2.24) is 15.0 Å². The summed E-state index contributed by atoms with van der Waals surface area (Å²) >= 11 is 0. The Morgan fingerprint density at radius 3 is 2.56 bits per heavy atom. The highest BCUT2D eigenvalue weighted by molar-refractivity contribution is 5.79. The molecule has 0 unspecified atom stereocenters. The molecule has 0 spiro atoms. The molecular formula is C12H6F3N3. The minimum absolute atomic E-state index is 0.101. The van der Waals surface area contributed by atoms with Gasteiger partial charge in [-0.1, -0.05) is 0 Å². The Morgan fingerprint density at radius 1 is 1.00 bits per heavy atom. The fourth-order valence-corrected chi connectivity index (χ4v) is 1.65. The van der Waals surface area contributed by atoms with Crippen LogP contribution >= 0.6 is 0 Å². The van der Waals surface area contributed by atoms with Crippen molar-refractivity contribution in [2.24, 2.45) is 0 Å². The smallest absolute Gasteiger partial charge is 0.186 e. The van der Waals surface area contributed by atoms with E-state index < -0.39 is 17.5 Å². The maximum atomic E-state index is 13.5. The van der Waals surface area contributed by atoms with E-state index in [9.17, 15) is 13.2 Å². The quantitative estimate of drug-likeness (QED) is 0.720. The molecule has 0 amide bonds. The largest absolute Gasteiger partial charge is 0.337 e. The van der Waals surface area contributed by atoms with Crippen LogP contribution in [0.25, 0.3) is 22.6 Å². The van der Waals surface area contributed by atoms with Gasteiger partial charge in [0.2, 0.25) is 0 Å². The normalized spacial score (nSPS) is 11.1. The van der Waals surface area contributed by atoms with Crippen molar-refractivity contribution in [1.29, 1.82) is 0 Å². The van der Waals surface area contributed by atoms with Gasteiger partial charge in [-0.25, -0.2) is 23.1 Å². The highest BCUT2D eigenvalue weighted by Crippen LogP contribution is 2.22. The number of nitrogens with zero attached hydrogens (tertiary/aromatic N) is 2. The summed E-state index contributed by atoms with van der Waals surface area (Å²) in [5, 5.41) is 0. The van der Waals surface area contributed by atoms with E-state index in [0.717, 1.165) is 12.3 Å². The zero-order valence-corrected chi connectivity index (χ0v) is 8.92. The third-order valence-corrected chi connectivity index (χ3v) is 2.52. The Balaban J connectivity index is 2.19. The number of hydrogen-bond acceptors (Lipinski definition) is 2. The van der Waals surface area contributed by atoms with Gasteiger partial charge in [-0.15, -0.1) is 0 Å². The van der Waals surface area contributed by atoms with Crippen LogP contribution in [0.3, 0.4) is 0 Å². The first-order chi connectivity index (χ1) is 8.65. The number of aromatic amines is 1. The Bertz CT molecular complexity index is 719. The average molecular weight is 249 g/mol. The second-order valence-corrected chi connectivity index (χ2v) is 3.70. The first-order valence-corrected chi connectivity index (χ1v) is 5.11. The molecule has 0 aliphatic heterocycles. The zero-order valence-electron chi connectivity index (χ0n) is 8.92. The molecule has 1 aromatic carbocycles. The molecule has 2 aromatic heterocycles. The summed E-state index contributed by atoms with van der Waals surface area (Å²) in [6, 6.07) is 5.01. The van der Waals surface area contributed by atoms with Gasteiger partial charge >= 0.3 is 0 Å². The van der Waals surface area contributed by atoms with Crippen LogP contribution in [0.5, 0.6) is 0 Å². The van der Waals surface area contributed by atoms with E-state index in [1.54, 1.807) is 0 Å². The lowest BCUT2D eigenvalue weighted by Gasteiger charge is -1.93. The van der Waals surface area contributed by atoms with Gasteiger partial charge < -0.3 is 4.98 Å². The molecule has 18 heavy (non-hydrogen) atoms. The molecule has 0 saturated carbocycles. The standard InChI is InChI=1S/C12H6F3N3/c13-6-1-3-9(16-5-6)12-17-8-4-2-7(14)10(15)11(8)18-12/h1-5H,(H,17,18). The van der Waals surface area contributed by atoms with Crippen LogP contribution in [0.2, 0.25) is 0 Å². The molecular weight excluding hydrogens is 243 g/mol. The summed E-state index contributed by atoms with van der Waals surface area (Å²) in [6.07, 6.45) is 1.03. The van der Waals surface area contributed by atoms with Crippen molar-refractivity contribution >= 4 is 11.0 Å². The maximum absolute atomic E-state index is 13.5. The zero-order chi connectivity index (χ0) is 12.7. The Morgan fingerprint density at radius 2 is 1.83 bits per heavy atom. The topological polar surface area (TPSA) is 41.6 Å². The molecule has 0 bridgehead atoms. The first-order valence-electron chi connectivity index (χ1n) is 5.11. The van der Waals surface area contributed by atoms with Gasteiger partial charge in [0.25, 0.3) is 0 Å². The second-order valence-electron chi connectivity index (χ2n) is 3.70. The predicted octanol–water partition coefficient (Wildman–Crippen LogP) is 3.04. The summed E-state index contributed by atoms with van der Waals surface area (Å²) in [4.78, 5) is 10.5. The number of benzene rings is 1. The van der Waals surface area contributed by atoms with Crippen LogP contribution in [0, 0.1) is 17.5 Å². The molecule has 0 aliphatic carbocycles. The lowest BCUT2D eigenvalue weighted by Crippen LogP contribution is -1.86. The van der Waals surface area contributed by atoms with Gasteiger partial charge in [-0.05, 0) is 24.3 Å². The molecule has 3 aromatic rings. The average Bonchev–Trinajstić information content (AvgIpc) is 2.80. The second kappa shape index (κ2) is 3.83. The van der Waals surface area contributed by atoms with Crippen LogP contribution in [-0.2, 0) is 0 Å². The van der Waals surface area contributed by atoms with Gasteiger partial charge in [0.1, 0.15) is 17.0 Å². The van der Waals surface area contributed by atoms with E-state index in [4.69, 9.17) is 0 Å². The van der Waals surface area contributed by atoms with Crippen molar-refractivity contribution in [3.8, 4) is 11.5 Å². The monoisotopic (exact) mass is 249 g/mol. The van der Waals surface area contributed by atoms with Gasteiger partial charge in [0, 0.05) is 0 Å². The number of hydrogen-bond donors (Lipinski definition) is 1. The predicted molar refractivity (Wildman–Crippen MR) is 59.2 cm³/mol. The maximum Gasteiger partial charge on any atom is 0.186 e. The third-order valence-electron chi connectivity index (χ3n) is 2.52. The summed E-state index contributed by atoms with van der Waals surface area (Å²) in [5.74, 6) is -2.20. The molecule has 0 saturated heterocycles. The summed E-state index contributed by atoms with van der Waals surface area (Å²) in [6.45, 7) is 0. The third kappa shape index (κ3) is 1.62. The van der Waals surface area contributed by atoms with E-state index >= 15 is 0 Å². The summed E-state index contributed by atoms with van der Waals surface area (Å²) < 4.78 is 39.2. The minimum atomic E-state index is -1.02. The van der Waals surface area contributed by atoms with E-state index in [-0.39, 0.29) is 11.3 Å². The Hall–Kier alpha value is -2.37. The number of rotatable bonds is 1. The number of pyridine rings is 1. The van der Waals surface area contributed by atoms with Gasteiger partial charge in [0.05, 0.1) is 11.7 Å². The summed E-state index contributed by atoms with van der Waals surface area (Å²) in [7, 11) is 0. The van der Waals surface area contributed by atoms with Crippen molar-refractivity contribution in [2.45, 2.75) is 0 Å². The summed E-state index contributed by atoms with van der Waals surface area (Å²) in [5.41, 5.74) is 0.610. The lowest BCUT2D eigenvalue weighted by atomic mass is 10.3. The first kappa shape index (κ1) is 10.8. The highest BCUT2D eigenvalue weighted by Gasteiger charge is 2.13. The number of imidazole rings is 1. The number of aromatic nitrogens is 3.